The fraction of sp³-hybridized carbons (Fsp3) is 0.154. The standard InChI is InChI=1S/C13H11ClN4O2/c14-12-9(5-8-20-12)13(19)15-6-4-11-17-16-10-3-1-2-7-18(10)11/h1-3,5,7-8H,4,6H2,(H,15,19). The minimum absolute atomic E-state index is 0.0930. The summed E-state index contributed by atoms with van der Waals surface area (Å²) in [4.78, 5) is 11.8. The Hall–Kier alpha value is -2.34. The van der Waals surface area contributed by atoms with Gasteiger partial charge in [0.25, 0.3) is 5.91 Å². The Balaban J connectivity index is 1.63. The summed E-state index contributed by atoms with van der Waals surface area (Å²) in [6, 6.07) is 7.21. The summed E-state index contributed by atoms with van der Waals surface area (Å²) in [5.74, 6) is 0.525. The fourth-order valence-electron chi connectivity index (χ4n) is 1.90. The number of pyridine rings is 1. The van der Waals surface area contributed by atoms with Crippen LogP contribution in [0.25, 0.3) is 5.65 Å². The summed E-state index contributed by atoms with van der Waals surface area (Å²) in [6.07, 6.45) is 3.84. The van der Waals surface area contributed by atoms with Gasteiger partial charge in [-0.15, -0.1) is 10.2 Å². The summed E-state index contributed by atoms with van der Waals surface area (Å²) in [5.41, 5.74) is 1.12. The normalized spacial score (nSPS) is 10.8. The molecule has 1 amide bonds. The highest BCUT2D eigenvalue weighted by Crippen LogP contribution is 2.16. The maximum Gasteiger partial charge on any atom is 0.256 e. The Morgan fingerprint density at radius 3 is 3.05 bits per heavy atom. The Bertz CT molecular complexity index is 750. The molecule has 6 nitrogen and oxygen atoms in total. The van der Waals surface area contributed by atoms with E-state index in [1.807, 2.05) is 28.8 Å². The predicted molar refractivity (Wildman–Crippen MR) is 72.7 cm³/mol. The number of nitrogens with one attached hydrogen (secondary N) is 1. The van der Waals surface area contributed by atoms with Gasteiger partial charge in [-0.05, 0) is 29.8 Å². The number of carbonyl (C=O) groups excluding carboxylic acids is 1. The summed E-state index contributed by atoms with van der Waals surface area (Å²) < 4.78 is 6.76. The van der Waals surface area contributed by atoms with Crippen LogP contribution in [-0.4, -0.2) is 27.0 Å². The largest absolute Gasteiger partial charge is 0.452 e. The van der Waals surface area contributed by atoms with Gasteiger partial charge in [-0.25, -0.2) is 0 Å². The van der Waals surface area contributed by atoms with Crippen LogP contribution >= 0.6 is 11.6 Å². The second-order valence-corrected chi connectivity index (χ2v) is 4.50. The molecule has 102 valence electrons. The van der Waals surface area contributed by atoms with Crippen LogP contribution in [0.1, 0.15) is 16.2 Å². The van der Waals surface area contributed by atoms with E-state index in [2.05, 4.69) is 15.5 Å². The molecule has 0 radical (unpaired) electrons. The Morgan fingerprint density at radius 1 is 1.35 bits per heavy atom. The van der Waals surface area contributed by atoms with Crippen molar-refractivity contribution in [1.29, 1.82) is 0 Å². The first kappa shape index (κ1) is 12.7. The van der Waals surface area contributed by atoms with Crippen LogP contribution in [0.4, 0.5) is 0 Å². The van der Waals surface area contributed by atoms with Crippen molar-refractivity contribution in [3.8, 4) is 0 Å². The van der Waals surface area contributed by atoms with Gasteiger partial charge in [0.2, 0.25) is 5.22 Å². The minimum Gasteiger partial charge on any atom is -0.452 e. The first-order valence-corrected chi connectivity index (χ1v) is 6.43. The van der Waals surface area contributed by atoms with Gasteiger partial charge < -0.3 is 9.73 Å². The number of carbonyl (C=O) groups is 1. The zero-order chi connectivity index (χ0) is 13.9. The van der Waals surface area contributed by atoms with Crippen LogP contribution in [0.15, 0.2) is 41.1 Å². The second-order valence-electron chi connectivity index (χ2n) is 4.16. The molecular formula is C13H11ClN4O2. The van der Waals surface area contributed by atoms with Crippen molar-refractivity contribution in [2.75, 3.05) is 6.54 Å². The number of aromatic nitrogens is 3. The van der Waals surface area contributed by atoms with E-state index >= 15 is 0 Å². The van der Waals surface area contributed by atoms with Crippen LogP contribution in [0.3, 0.4) is 0 Å². The summed E-state index contributed by atoms with van der Waals surface area (Å²) in [5, 5.41) is 11.0. The maximum atomic E-state index is 11.8. The third-order valence-corrected chi connectivity index (χ3v) is 3.17. The molecule has 0 aromatic carbocycles. The number of nitrogens with zero attached hydrogens (tertiary/aromatic N) is 3. The molecule has 7 heteroatoms. The van der Waals surface area contributed by atoms with Gasteiger partial charge >= 0.3 is 0 Å². The van der Waals surface area contributed by atoms with Gasteiger partial charge in [0.1, 0.15) is 5.82 Å². The summed E-state index contributed by atoms with van der Waals surface area (Å²) >= 11 is 5.74. The quantitative estimate of drug-likeness (QED) is 0.797. The van der Waals surface area contributed by atoms with Crippen LogP contribution in [0.2, 0.25) is 5.22 Å². The highest BCUT2D eigenvalue weighted by Gasteiger charge is 2.12. The van der Waals surface area contributed by atoms with Crippen molar-refractivity contribution < 1.29 is 9.21 Å². The van der Waals surface area contributed by atoms with Gasteiger partial charge in [0.15, 0.2) is 5.65 Å². The second kappa shape index (κ2) is 5.34. The van der Waals surface area contributed by atoms with Crippen LogP contribution in [0, 0.1) is 0 Å². The number of amides is 1. The van der Waals surface area contributed by atoms with Crippen molar-refractivity contribution >= 4 is 23.2 Å². The lowest BCUT2D eigenvalue weighted by Gasteiger charge is -2.03. The van der Waals surface area contributed by atoms with Gasteiger partial charge in [-0.2, -0.15) is 0 Å². The molecule has 0 atom stereocenters. The molecule has 3 heterocycles. The molecule has 0 saturated carbocycles. The molecule has 0 aliphatic heterocycles. The molecule has 3 aromatic rings. The average molecular weight is 291 g/mol. The fourth-order valence-corrected chi connectivity index (χ4v) is 2.10. The maximum absolute atomic E-state index is 11.8. The molecule has 0 aliphatic rings. The topological polar surface area (TPSA) is 72.4 Å². The van der Waals surface area contributed by atoms with Crippen molar-refractivity contribution in [3.05, 3.63) is 53.3 Å². The molecule has 0 bridgehead atoms. The van der Waals surface area contributed by atoms with E-state index in [0.717, 1.165) is 11.5 Å². The average Bonchev–Trinajstić information content (AvgIpc) is 3.05. The van der Waals surface area contributed by atoms with E-state index in [0.29, 0.717) is 18.5 Å². The van der Waals surface area contributed by atoms with Gasteiger partial charge in [0, 0.05) is 19.2 Å². The van der Waals surface area contributed by atoms with Crippen LogP contribution < -0.4 is 5.32 Å². The van der Waals surface area contributed by atoms with Crippen LogP contribution in [-0.2, 0) is 6.42 Å². The van der Waals surface area contributed by atoms with Gasteiger partial charge in [0.05, 0.1) is 11.8 Å². The predicted octanol–water partition coefficient (Wildman–Crippen LogP) is 1.95. The third kappa shape index (κ3) is 2.37. The summed E-state index contributed by atoms with van der Waals surface area (Å²) in [6.45, 7) is 0.441. The number of furan rings is 1. The molecule has 0 saturated heterocycles. The molecule has 0 spiro atoms. The lowest BCUT2D eigenvalue weighted by molar-refractivity contribution is 0.0953. The van der Waals surface area contributed by atoms with E-state index in [-0.39, 0.29) is 11.1 Å². The molecule has 0 unspecified atom stereocenters. The number of rotatable bonds is 4. The molecule has 0 aliphatic carbocycles. The van der Waals surface area contributed by atoms with E-state index in [1.165, 1.54) is 12.3 Å². The Labute approximate surface area is 119 Å². The number of hydrogen-bond donors (Lipinski definition) is 1. The van der Waals surface area contributed by atoms with E-state index in [1.54, 1.807) is 0 Å². The first-order valence-electron chi connectivity index (χ1n) is 6.05. The monoisotopic (exact) mass is 290 g/mol. The van der Waals surface area contributed by atoms with E-state index in [4.69, 9.17) is 16.0 Å². The molecule has 20 heavy (non-hydrogen) atoms. The van der Waals surface area contributed by atoms with Gasteiger partial charge in [-0.3, -0.25) is 9.20 Å². The Morgan fingerprint density at radius 2 is 2.25 bits per heavy atom. The highest BCUT2D eigenvalue weighted by molar-refractivity contribution is 6.32. The summed E-state index contributed by atoms with van der Waals surface area (Å²) in [7, 11) is 0. The van der Waals surface area contributed by atoms with Gasteiger partial charge in [-0.1, -0.05) is 6.07 Å². The van der Waals surface area contributed by atoms with Crippen molar-refractivity contribution in [2.45, 2.75) is 6.42 Å². The Kier molecular flexibility index (Phi) is 3.39. The van der Waals surface area contributed by atoms with E-state index < -0.39 is 0 Å². The third-order valence-electron chi connectivity index (χ3n) is 2.88. The van der Waals surface area contributed by atoms with Crippen LogP contribution in [0.5, 0.6) is 0 Å². The smallest absolute Gasteiger partial charge is 0.256 e. The molecule has 1 N–H and O–H groups in total. The minimum atomic E-state index is -0.266. The lowest BCUT2D eigenvalue weighted by atomic mass is 10.3. The van der Waals surface area contributed by atoms with Crippen molar-refractivity contribution in [2.24, 2.45) is 0 Å². The zero-order valence-electron chi connectivity index (χ0n) is 10.4. The lowest BCUT2D eigenvalue weighted by Crippen LogP contribution is -2.26. The zero-order valence-corrected chi connectivity index (χ0v) is 11.2. The van der Waals surface area contributed by atoms with Crippen molar-refractivity contribution in [3.63, 3.8) is 0 Å². The SMILES string of the molecule is O=C(NCCc1nnc2ccccn12)c1ccoc1Cl. The molecule has 0 fully saturated rings. The van der Waals surface area contributed by atoms with E-state index in [9.17, 15) is 4.79 Å². The van der Waals surface area contributed by atoms with Crippen molar-refractivity contribution in [1.82, 2.24) is 19.9 Å². The number of halogens is 1. The molecule has 3 rings (SSSR count). The molecule has 3 aromatic heterocycles. The number of fused-ring (bicyclic) bond motifs is 1. The first-order chi connectivity index (χ1) is 9.75. The highest BCUT2D eigenvalue weighted by atomic mass is 35.5. The molecular weight excluding hydrogens is 280 g/mol. The number of hydrogen-bond acceptors (Lipinski definition) is 4.